The summed E-state index contributed by atoms with van der Waals surface area (Å²) in [7, 11) is 0. The lowest BCUT2D eigenvalue weighted by Crippen LogP contribution is -2.11. The molecule has 1 unspecified atom stereocenters. The number of rotatable bonds is 3. The van der Waals surface area contributed by atoms with Gasteiger partial charge in [-0.25, -0.2) is 0 Å². The van der Waals surface area contributed by atoms with E-state index in [0.29, 0.717) is 6.42 Å². The Morgan fingerprint density at radius 2 is 2.62 bits per heavy atom. The Morgan fingerprint density at radius 1 is 1.69 bits per heavy atom. The van der Waals surface area contributed by atoms with Crippen molar-refractivity contribution in [3.05, 3.63) is 24.0 Å². The van der Waals surface area contributed by atoms with Crippen molar-refractivity contribution in [1.29, 1.82) is 0 Å². The van der Waals surface area contributed by atoms with Crippen LogP contribution in [-0.2, 0) is 4.74 Å². The predicted octanol–water partition coefficient (Wildman–Crippen LogP) is 1.77. The number of nitrogens with one attached hydrogen (secondary N) is 1. The SMILES string of the molecule is O=C(CC1CCCO1)c1cc[nH]c1. The van der Waals surface area contributed by atoms with Gasteiger partial charge in [-0.2, -0.15) is 0 Å². The smallest absolute Gasteiger partial charge is 0.166 e. The van der Waals surface area contributed by atoms with Crippen LogP contribution in [0.25, 0.3) is 0 Å². The number of carbonyl (C=O) groups excluding carboxylic acids is 1. The molecule has 0 aromatic carbocycles. The molecule has 1 aromatic rings. The van der Waals surface area contributed by atoms with Crippen LogP contribution in [0.2, 0.25) is 0 Å². The zero-order chi connectivity index (χ0) is 9.10. The van der Waals surface area contributed by atoms with Crippen LogP contribution in [0.5, 0.6) is 0 Å². The lowest BCUT2D eigenvalue weighted by molar-refractivity contribution is 0.0776. The van der Waals surface area contributed by atoms with Gasteiger partial charge in [-0.1, -0.05) is 0 Å². The molecular formula is C10H13NO2. The molecule has 1 aliphatic heterocycles. The number of Topliss-reactive ketones (excluding diaryl/α,β-unsaturated/α-hetero) is 1. The Balaban J connectivity index is 1.91. The van der Waals surface area contributed by atoms with E-state index < -0.39 is 0 Å². The fraction of sp³-hybridized carbons (Fsp3) is 0.500. The molecule has 2 rings (SSSR count). The summed E-state index contributed by atoms with van der Waals surface area (Å²) in [6.07, 6.45) is 6.29. The van der Waals surface area contributed by atoms with E-state index in [1.807, 2.05) is 0 Å². The van der Waals surface area contributed by atoms with Crippen LogP contribution in [0.3, 0.4) is 0 Å². The minimum absolute atomic E-state index is 0.155. The van der Waals surface area contributed by atoms with Crippen LogP contribution < -0.4 is 0 Å². The van der Waals surface area contributed by atoms with Gasteiger partial charge in [0.1, 0.15) is 0 Å². The number of ketones is 1. The molecule has 1 aliphatic rings. The average molecular weight is 179 g/mol. The number of aromatic nitrogens is 1. The summed E-state index contributed by atoms with van der Waals surface area (Å²) in [5, 5.41) is 0. The largest absolute Gasteiger partial charge is 0.378 e. The van der Waals surface area contributed by atoms with E-state index in [4.69, 9.17) is 4.74 Å². The summed E-state index contributed by atoms with van der Waals surface area (Å²) in [4.78, 5) is 14.4. The molecule has 0 spiro atoms. The normalized spacial score (nSPS) is 22.0. The quantitative estimate of drug-likeness (QED) is 0.718. The van der Waals surface area contributed by atoms with Gasteiger partial charge in [0, 0.05) is 31.0 Å². The zero-order valence-electron chi connectivity index (χ0n) is 7.45. The van der Waals surface area contributed by atoms with E-state index in [2.05, 4.69) is 4.98 Å². The van der Waals surface area contributed by atoms with Gasteiger partial charge in [0.2, 0.25) is 0 Å². The third-order valence-electron chi connectivity index (χ3n) is 2.36. The Hall–Kier alpha value is -1.09. The molecule has 1 fully saturated rings. The maximum absolute atomic E-state index is 11.6. The van der Waals surface area contributed by atoms with Gasteiger partial charge in [-0.15, -0.1) is 0 Å². The second kappa shape index (κ2) is 3.75. The molecule has 1 N–H and O–H groups in total. The molecular weight excluding hydrogens is 166 g/mol. The molecule has 0 amide bonds. The number of hydrogen-bond acceptors (Lipinski definition) is 2. The molecule has 2 heterocycles. The maximum atomic E-state index is 11.6. The third-order valence-corrected chi connectivity index (χ3v) is 2.36. The topological polar surface area (TPSA) is 42.1 Å². The number of hydrogen-bond donors (Lipinski definition) is 1. The van der Waals surface area contributed by atoms with Crippen LogP contribution in [0.1, 0.15) is 29.6 Å². The van der Waals surface area contributed by atoms with Gasteiger partial charge in [0.15, 0.2) is 5.78 Å². The van der Waals surface area contributed by atoms with Crippen molar-refractivity contribution in [3.8, 4) is 0 Å². The van der Waals surface area contributed by atoms with Crippen LogP contribution in [0.4, 0.5) is 0 Å². The summed E-state index contributed by atoms with van der Waals surface area (Å²) in [5.74, 6) is 0.174. The lowest BCUT2D eigenvalue weighted by atomic mass is 10.1. The van der Waals surface area contributed by atoms with E-state index in [1.54, 1.807) is 18.5 Å². The van der Waals surface area contributed by atoms with Crippen molar-refractivity contribution in [2.75, 3.05) is 6.61 Å². The highest BCUT2D eigenvalue weighted by atomic mass is 16.5. The van der Waals surface area contributed by atoms with Crippen LogP contribution in [-0.4, -0.2) is 23.5 Å². The highest BCUT2D eigenvalue weighted by molar-refractivity contribution is 5.96. The van der Waals surface area contributed by atoms with E-state index in [1.165, 1.54) is 0 Å². The van der Waals surface area contributed by atoms with Crippen molar-refractivity contribution in [1.82, 2.24) is 4.98 Å². The molecule has 3 heteroatoms. The first kappa shape index (κ1) is 8.51. The summed E-state index contributed by atoms with van der Waals surface area (Å²) >= 11 is 0. The summed E-state index contributed by atoms with van der Waals surface area (Å²) in [6.45, 7) is 0.811. The van der Waals surface area contributed by atoms with E-state index in [0.717, 1.165) is 25.0 Å². The van der Waals surface area contributed by atoms with Crippen molar-refractivity contribution in [3.63, 3.8) is 0 Å². The van der Waals surface area contributed by atoms with Crippen LogP contribution in [0.15, 0.2) is 18.5 Å². The second-order valence-electron chi connectivity index (χ2n) is 3.36. The molecule has 1 aromatic heterocycles. The fourth-order valence-electron chi connectivity index (χ4n) is 1.63. The fourth-order valence-corrected chi connectivity index (χ4v) is 1.63. The van der Waals surface area contributed by atoms with Gasteiger partial charge < -0.3 is 9.72 Å². The monoisotopic (exact) mass is 179 g/mol. The van der Waals surface area contributed by atoms with Crippen molar-refractivity contribution in [2.24, 2.45) is 0 Å². The van der Waals surface area contributed by atoms with E-state index in [9.17, 15) is 4.79 Å². The Kier molecular flexibility index (Phi) is 2.45. The molecule has 70 valence electrons. The molecule has 1 saturated heterocycles. The highest BCUT2D eigenvalue weighted by Crippen LogP contribution is 2.17. The zero-order valence-corrected chi connectivity index (χ0v) is 7.45. The van der Waals surface area contributed by atoms with Crippen molar-refractivity contribution in [2.45, 2.75) is 25.4 Å². The maximum Gasteiger partial charge on any atom is 0.166 e. The minimum atomic E-state index is 0.155. The number of carbonyl (C=O) groups is 1. The molecule has 3 nitrogen and oxygen atoms in total. The van der Waals surface area contributed by atoms with Gasteiger partial charge in [-0.3, -0.25) is 4.79 Å². The number of aromatic amines is 1. The summed E-state index contributed by atoms with van der Waals surface area (Å²) in [5.41, 5.74) is 0.760. The first-order valence-electron chi connectivity index (χ1n) is 4.64. The van der Waals surface area contributed by atoms with Crippen LogP contribution >= 0.6 is 0 Å². The number of ether oxygens (including phenoxy) is 1. The summed E-state index contributed by atoms with van der Waals surface area (Å²) < 4.78 is 5.39. The van der Waals surface area contributed by atoms with E-state index in [-0.39, 0.29) is 11.9 Å². The molecule has 0 aliphatic carbocycles. The predicted molar refractivity (Wildman–Crippen MR) is 48.7 cm³/mol. The Bertz CT molecular complexity index is 273. The molecule has 0 radical (unpaired) electrons. The minimum Gasteiger partial charge on any atom is -0.378 e. The van der Waals surface area contributed by atoms with Crippen LogP contribution in [0, 0.1) is 0 Å². The van der Waals surface area contributed by atoms with Gasteiger partial charge >= 0.3 is 0 Å². The number of H-pyrrole nitrogens is 1. The first-order chi connectivity index (χ1) is 6.36. The van der Waals surface area contributed by atoms with Crippen molar-refractivity contribution < 1.29 is 9.53 Å². The summed E-state index contributed by atoms with van der Waals surface area (Å²) in [6, 6.07) is 1.80. The van der Waals surface area contributed by atoms with Gasteiger partial charge in [0.05, 0.1) is 6.10 Å². The second-order valence-corrected chi connectivity index (χ2v) is 3.36. The Morgan fingerprint density at radius 3 is 3.23 bits per heavy atom. The molecule has 0 saturated carbocycles. The molecule has 13 heavy (non-hydrogen) atoms. The standard InChI is InChI=1S/C10H13NO2/c12-10(8-3-4-11-7-8)6-9-2-1-5-13-9/h3-4,7,9,11H,1-2,5-6H2. The Labute approximate surface area is 77.1 Å². The van der Waals surface area contributed by atoms with Gasteiger partial charge in [0.25, 0.3) is 0 Å². The first-order valence-corrected chi connectivity index (χ1v) is 4.64. The highest BCUT2D eigenvalue weighted by Gasteiger charge is 2.19. The van der Waals surface area contributed by atoms with Crippen molar-refractivity contribution >= 4 is 5.78 Å². The molecule has 0 bridgehead atoms. The van der Waals surface area contributed by atoms with Gasteiger partial charge in [-0.05, 0) is 18.9 Å². The lowest BCUT2D eigenvalue weighted by Gasteiger charge is -2.06. The van der Waals surface area contributed by atoms with E-state index >= 15 is 0 Å². The average Bonchev–Trinajstić information content (AvgIpc) is 2.74. The molecule has 1 atom stereocenters. The third kappa shape index (κ3) is 1.98.